The van der Waals surface area contributed by atoms with Crippen molar-refractivity contribution >= 4 is 5.91 Å². The van der Waals surface area contributed by atoms with E-state index in [1.165, 1.54) is 0 Å². The molecule has 108 valence electrons. The molecule has 2 N–H and O–H groups in total. The molecule has 20 heavy (non-hydrogen) atoms. The molecule has 0 saturated heterocycles. The summed E-state index contributed by atoms with van der Waals surface area (Å²) in [6.07, 6.45) is 3.69. The van der Waals surface area contributed by atoms with E-state index in [1.807, 2.05) is 13.1 Å². The summed E-state index contributed by atoms with van der Waals surface area (Å²) in [6, 6.07) is 1.59. The molecule has 2 aromatic rings. The fourth-order valence-electron chi connectivity index (χ4n) is 1.69. The van der Waals surface area contributed by atoms with Gasteiger partial charge in [0.15, 0.2) is 11.5 Å². The SMILES string of the molecule is Cc1cnn(Cc2cc(C(=O)NCCC(C)O)no2)c1. The minimum atomic E-state index is -0.439. The molecule has 0 saturated carbocycles. The molecule has 7 nitrogen and oxygen atoms in total. The van der Waals surface area contributed by atoms with Crippen LogP contribution in [0.3, 0.4) is 0 Å². The molecular weight excluding hydrogens is 260 g/mol. The maximum absolute atomic E-state index is 11.8. The second-order valence-corrected chi connectivity index (χ2v) is 4.79. The lowest BCUT2D eigenvalue weighted by molar-refractivity contribution is 0.0936. The van der Waals surface area contributed by atoms with E-state index in [2.05, 4.69) is 15.6 Å². The van der Waals surface area contributed by atoms with Crippen molar-refractivity contribution < 1.29 is 14.4 Å². The van der Waals surface area contributed by atoms with E-state index in [1.54, 1.807) is 23.9 Å². The molecule has 0 fully saturated rings. The van der Waals surface area contributed by atoms with Crippen molar-refractivity contribution in [2.24, 2.45) is 0 Å². The second kappa shape index (κ2) is 6.33. The number of aliphatic hydroxyl groups is 1. The van der Waals surface area contributed by atoms with Gasteiger partial charge in [-0.3, -0.25) is 9.48 Å². The quantitative estimate of drug-likeness (QED) is 0.812. The first-order valence-corrected chi connectivity index (χ1v) is 6.45. The lowest BCUT2D eigenvalue weighted by Gasteiger charge is -2.04. The summed E-state index contributed by atoms with van der Waals surface area (Å²) in [6.45, 7) is 4.45. The highest BCUT2D eigenvalue weighted by molar-refractivity contribution is 5.92. The third-order valence-electron chi connectivity index (χ3n) is 2.72. The number of nitrogens with zero attached hydrogens (tertiary/aromatic N) is 3. The van der Waals surface area contributed by atoms with Gasteiger partial charge in [-0.05, 0) is 25.8 Å². The average Bonchev–Trinajstić information content (AvgIpc) is 2.99. The average molecular weight is 278 g/mol. The van der Waals surface area contributed by atoms with Crippen molar-refractivity contribution in [3.63, 3.8) is 0 Å². The number of nitrogens with one attached hydrogen (secondary N) is 1. The van der Waals surface area contributed by atoms with Gasteiger partial charge < -0.3 is 14.9 Å². The van der Waals surface area contributed by atoms with Gasteiger partial charge in [0, 0.05) is 18.8 Å². The van der Waals surface area contributed by atoms with Crippen LogP contribution in [0.2, 0.25) is 0 Å². The van der Waals surface area contributed by atoms with Crippen LogP contribution in [0.25, 0.3) is 0 Å². The van der Waals surface area contributed by atoms with Gasteiger partial charge in [0.05, 0.1) is 12.3 Å². The highest BCUT2D eigenvalue weighted by Crippen LogP contribution is 2.06. The van der Waals surface area contributed by atoms with Gasteiger partial charge in [-0.25, -0.2) is 0 Å². The fourth-order valence-corrected chi connectivity index (χ4v) is 1.69. The Bertz CT molecular complexity index is 574. The van der Waals surface area contributed by atoms with Gasteiger partial charge in [-0.15, -0.1) is 0 Å². The summed E-state index contributed by atoms with van der Waals surface area (Å²) in [5, 5.41) is 19.6. The molecule has 2 aromatic heterocycles. The lowest BCUT2D eigenvalue weighted by atomic mass is 10.3. The molecule has 7 heteroatoms. The monoisotopic (exact) mass is 278 g/mol. The minimum absolute atomic E-state index is 0.231. The summed E-state index contributed by atoms with van der Waals surface area (Å²) in [4.78, 5) is 11.8. The van der Waals surface area contributed by atoms with Crippen molar-refractivity contribution in [2.75, 3.05) is 6.54 Å². The van der Waals surface area contributed by atoms with E-state index in [9.17, 15) is 4.79 Å². The van der Waals surface area contributed by atoms with E-state index < -0.39 is 6.10 Å². The number of carbonyl (C=O) groups excluding carboxylic acids is 1. The normalized spacial score (nSPS) is 12.3. The summed E-state index contributed by atoms with van der Waals surface area (Å²) in [7, 11) is 0. The molecule has 2 heterocycles. The molecule has 2 rings (SSSR count). The molecule has 0 bridgehead atoms. The maximum atomic E-state index is 11.8. The molecule has 0 radical (unpaired) electrons. The molecular formula is C13H18N4O3. The number of carbonyl (C=O) groups is 1. The Hall–Kier alpha value is -2.15. The third-order valence-corrected chi connectivity index (χ3v) is 2.72. The fraction of sp³-hybridized carbons (Fsp3) is 0.462. The molecule has 0 aliphatic rings. The van der Waals surface area contributed by atoms with Crippen molar-refractivity contribution in [2.45, 2.75) is 32.9 Å². The number of hydrogen-bond donors (Lipinski definition) is 2. The zero-order valence-corrected chi connectivity index (χ0v) is 11.5. The van der Waals surface area contributed by atoms with Crippen LogP contribution in [-0.4, -0.2) is 38.6 Å². The number of rotatable bonds is 6. The summed E-state index contributed by atoms with van der Waals surface area (Å²) in [5.74, 6) is 0.256. The van der Waals surface area contributed by atoms with Crippen LogP contribution in [0.4, 0.5) is 0 Å². The van der Waals surface area contributed by atoms with Crippen LogP contribution in [0, 0.1) is 6.92 Å². The van der Waals surface area contributed by atoms with Gasteiger partial charge in [-0.2, -0.15) is 5.10 Å². The molecule has 1 amide bonds. The van der Waals surface area contributed by atoms with E-state index in [0.717, 1.165) is 5.56 Å². The maximum Gasteiger partial charge on any atom is 0.273 e. The third kappa shape index (κ3) is 3.92. The molecule has 0 spiro atoms. The first-order chi connectivity index (χ1) is 9.54. The highest BCUT2D eigenvalue weighted by Gasteiger charge is 2.12. The highest BCUT2D eigenvalue weighted by atomic mass is 16.5. The van der Waals surface area contributed by atoms with Crippen LogP contribution in [0.5, 0.6) is 0 Å². The molecule has 0 aromatic carbocycles. The van der Waals surface area contributed by atoms with Gasteiger partial charge in [0.2, 0.25) is 0 Å². The van der Waals surface area contributed by atoms with E-state index >= 15 is 0 Å². The van der Waals surface area contributed by atoms with Crippen molar-refractivity contribution in [3.8, 4) is 0 Å². The zero-order chi connectivity index (χ0) is 14.5. The van der Waals surface area contributed by atoms with Crippen molar-refractivity contribution in [3.05, 3.63) is 35.5 Å². The van der Waals surface area contributed by atoms with Crippen LogP contribution >= 0.6 is 0 Å². The Labute approximate surface area is 116 Å². The number of aromatic nitrogens is 3. The second-order valence-electron chi connectivity index (χ2n) is 4.79. The summed E-state index contributed by atoms with van der Waals surface area (Å²) >= 11 is 0. The van der Waals surface area contributed by atoms with E-state index in [0.29, 0.717) is 25.3 Å². The minimum Gasteiger partial charge on any atom is -0.393 e. The van der Waals surface area contributed by atoms with Crippen molar-refractivity contribution in [1.29, 1.82) is 0 Å². The van der Waals surface area contributed by atoms with Crippen LogP contribution in [-0.2, 0) is 6.54 Å². The van der Waals surface area contributed by atoms with Crippen molar-refractivity contribution in [1.82, 2.24) is 20.3 Å². The van der Waals surface area contributed by atoms with Crippen LogP contribution in [0.1, 0.15) is 35.2 Å². The van der Waals surface area contributed by atoms with E-state index in [4.69, 9.17) is 9.63 Å². The molecule has 1 atom stereocenters. The smallest absolute Gasteiger partial charge is 0.273 e. The predicted octanol–water partition coefficient (Wildman–Crippen LogP) is 0.729. The topological polar surface area (TPSA) is 93.2 Å². The molecule has 1 unspecified atom stereocenters. The summed E-state index contributed by atoms with van der Waals surface area (Å²) in [5.41, 5.74) is 1.29. The Balaban J connectivity index is 1.89. The van der Waals surface area contributed by atoms with Gasteiger partial charge in [-0.1, -0.05) is 5.16 Å². The number of amides is 1. The zero-order valence-electron chi connectivity index (χ0n) is 11.5. The van der Waals surface area contributed by atoms with Crippen LogP contribution < -0.4 is 5.32 Å². The van der Waals surface area contributed by atoms with Crippen LogP contribution in [0.15, 0.2) is 23.0 Å². The Morgan fingerprint density at radius 3 is 3.05 bits per heavy atom. The Kier molecular flexibility index (Phi) is 4.52. The van der Waals surface area contributed by atoms with E-state index in [-0.39, 0.29) is 11.6 Å². The van der Waals surface area contributed by atoms with Gasteiger partial charge in [0.25, 0.3) is 5.91 Å². The molecule has 0 aliphatic carbocycles. The number of hydrogen-bond acceptors (Lipinski definition) is 5. The Morgan fingerprint density at radius 2 is 2.40 bits per heavy atom. The predicted molar refractivity (Wildman–Crippen MR) is 71.2 cm³/mol. The standard InChI is InChI=1S/C13H18N4O3/c1-9-6-15-17(7-9)8-11-5-12(16-20-11)13(19)14-4-3-10(2)18/h5-7,10,18H,3-4,8H2,1-2H3,(H,14,19). The lowest BCUT2D eigenvalue weighted by Crippen LogP contribution is -2.26. The number of aliphatic hydroxyl groups excluding tert-OH is 1. The first-order valence-electron chi connectivity index (χ1n) is 6.45. The largest absolute Gasteiger partial charge is 0.393 e. The first kappa shape index (κ1) is 14.3. The summed E-state index contributed by atoms with van der Waals surface area (Å²) < 4.78 is 6.82. The number of aryl methyl sites for hydroxylation is 1. The Morgan fingerprint density at radius 1 is 1.60 bits per heavy atom. The van der Waals surface area contributed by atoms with Gasteiger partial charge >= 0.3 is 0 Å². The molecule has 0 aliphatic heterocycles. The van der Waals surface area contributed by atoms with Gasteiger partial charge in [0.1, 0.15) is 6.54 Å².